The Morgan fingerprint density at radius 3 is 2.46 bits per heavy atom. The topological polar surface area (TPSA) is 75.7 Å². The molecule has 0 unspecified atom stereocenters. The molecule has 24 heavy (non-hydrogen) atoms. The molecule has 1 N–H and O–H groups in total. The highest BCUT2D eigenvalue weighted by molar-refractivity contribution is 7.89. The number of terminal acetylenes is 1. The summed E-state index contributed by atoms with van der Waals surface area (Å²) in [6.45, 7) is 0. The molecule has 0 aliphatic carbocycles. The SMILES string of the molecule is C#Cc1cccc(NC(=O)c2ccc(S(=O)(=O)N(C)OC)cc2)c1. The summed E-state index contributed by atoms with van der Waals surface area (Å²) in [7, 11) is -1.20. The summed E-state index contributed by atoms with van der Waals surface area (Å²) >= 11 is 0. The Morgan fingerprint density at radius 2 is 1.88 bits per heavy atom. The van der Waals surface area contributed by atoms with Gasteiger partial charge in [0.1, 0.15) is 0 Å². The lowest BCUT2D eigenvalue weighted by atomic mass is 10.2. The van der Waals surface area contributed by atoms with Gasteiger partial charge >= 0.3 is 0 Å². The highest BCUT2D eigenvalue weighted by atomic mass is 32.2. The van der Waals surface area contributed by atoms with Crippen LogP contribution in [0, 0.1) is 12.3 Å². The number of benzene rings is 2. The molecule has 2 aromatic carbocycles. The lowest BCUT2D eigenvalue weighted by molar-refractivity contribution is -0.0258. The molecule has 0 fully saturated rings. The van der Waals surface area contributed by atoms with E-state index in [0.29, 0.717) is 16.8 Å². The fourth-order valence-electron chi connectivity index (χ4n) is 1.91. The Hall–Kier alpha value is -2.66. The average Bonchev–Trinajstić information content (AvgIpc) is 2.61. The molecule has 0 saturated heterocycles. The summed E-state index contributed by atoms with van der Waals surface area (Å²) in [5.41, 5.74) is 1.53. The number of rotatable bonds is 5. The van der Waals surface area contributed by atoms with Crippen molar-refractivity contribution in [1.82, 2.24) is 4.47 Å². The van der Waals surface area contributed by atoms with Gasteiger partial charge in [-0.3, -0.25) is 9.63 Å². The summed E-state index contributed by atoms with van der Waals surface area (Å²) in [6, 6.07) is 12.4. The molecule has 0 radical (unpaired) electrons. The number of amides is 1. The van der Waals surface area contributed by atoms with Crippen LogP contribution in [0.5, 0.6) is 0 Å². The van der Waals surface area contributed by atoms with E-state index in [4.69, 9.17) is 11.3 Å². The van der Waals surface area contributed by atoms with Crippen LogP contribution in [0.2, 0.25) is 0 Å². The third-order valence-electron chi connectivity index (χ3n) is 3.30. The lowest BCUT2D eigenvalue weighted by Gasteiger charge is -2.14. The van der Waals surface area contributed by atoms with E-state index in [-0.39, 0.29) is 10.8 Å². The standard InChI is InChI=1S/C17H16N2O4S/c1-4-13-6-5-7-15(12-13)18-17(20)14-8-10-16(11-9-14)24(21,22)19(2)23-3/h1,5-12H,2-3H3,(H,18,20). The number of hydroxylamine groups is 1. The van der Waals surface area contributed by atoms with Gasteiger partial charge in [-0.25, -0.2) is 8.42 Å². The van der Waals surface area contributed by atoms with Crippen LogP contribution in [0.4, 0.5) is 5.69 Å². The van der Waals surface area contributed by atoms with Gasteiger partial charge in [-0.15, -0.1) is 6.42 Å². The number of nitrogens with one attached hydrogen (secondary N) is 1. The third kappa shape index (κ3) is 3.81. The number of hydrogen-bond donors (Lipinski definition) is 1. The van der Waals surface area contributed by atoms with Crippen molar-refractivity contribution < 1.29 is 18.0 Å². The first-order chi connectivity index (χ1) is 11.4. The molecule has 6 nitrogen and oxygen atoms in total. The van der Waals surface area contributed by atoms with Gasteiger partial charge in [-0.2, -0.15) is 0 Å². The van der Waals surface area contributed by atoms with Gasteiger partial charge < -0.3 is 5.32 Å². The highest BCUT2D eigenvalue weighted by Crippen LogP contribution is 2.16. The molecular formula is C17H16N2O4S. The number of hydrogen-bond acceptors (Lipinski definition) is 4. The summed E-state index contributed by atoms with van der Waals surface area (Å²) in [5.74, 6) is 2.12. The fourth-order valence-corrected chi connectivity index (χ4v) is 2.89. The molecule has 124 valence electrons. The van der Waals surface area contributed by atoms with Crippen LogP contribution in [0.25, 0.3) is 0 Å². The number of carbonyl (C=O) groups excluding carboxylic acids is 1. The van der Waals surface area contributed by atoms with Crippen molar-refractivity contribution in [1.29, 1.82) is 0 Å². The molecule has 2 rings (SSSR count). The maximum absolute atomic E-state index is 12.2. The van der Waals surface area contributed by atoms with Crippen LogP contribution in [0.3, 0.4) is 0 Å². The zero-order valence-electron chi connectivity index (χ0n) is 13.2. The van der Waals surface area contributed by atoms with Crippen molar-refractivity contribution >= 4 is 21.6 Å². The predicted octanol–water partition coefficient (Wildman–Crippen LogP) is 2.10. The van der Waals surface area contributed by atoms with Crippen LogP contribution < -0.4 is 5.32 Å². The predicted molar refractivity (Wildman–Crippen MR) is 90.7 cm³/mol. The Kier molecular flexibility index (Phi) is 5.36. The van der Waals surface area contributed by atoms with Gasteiger partial charge in [0.2, 0.25) is 0 Å². The van der Waals surface area contributed by atoms with Gasteiger partial charge in [0, 0.05) is 23.9 Å². The fraction of sp³-hybridized carbons (Fsp3) is 0.118. The van der Waals surface area contributed by atoms with Crippen LogP contribution in [0.15, 0.2) is 53.4 Å². The van der Waals surface area contributed by atoms with E-state index in [1.165, 1.54) is 38.4 Å². The lowest BCUT2D eigenvalue weighted by Crippen LogP contribution is -2.25. The molecule has 0 aliphatic heterocycles. The minimum Gasteiger partial charge on any atom is -0.322 e. The van der Waals surface area contributed by atoms with Crippen LogP contribution in [-0.4, -0.2) is 33.0 Å². The quantitative estimate of drug-likeness (QED) is 0.666. The van der Waals surface area contributed by atoms with Crippen molar-refractivity contribution in [2.24, 2.45) is 0 Å². The van der Waals surface area contributed by atoms with Crippen LogP contribution >= 0.6 is 0 Å². The monoisotopic (exact) mass is 344 g/mol. The molecule has 0 saturated carbocycles. The summed E-state index contributed by atoms with van der Waals surface area (Å²) < 4.78 is 24.9. The molecule has 0 atom stereocenters. The average molecular weight is 344 g/mol. The van der Waals surface area contributed by atoms with Crippen molar-refractivity contribution in [3.8, 4) is 12.3 Å². The van der Waals surface area contributed by atoms with Crippen molar-refractivity contribution in [3.63, 3.8) is 0 Å². The molecule has 0 aliphatic rings. The Bertz CT molecular complexity index is 884. The van der Waals surface area contributed by atoms with E-state index in [1.54, 1.807) is 24.3 Å². The largest absolute Gasteiger partial charge is 0.322 e. The molecule has 2 aromatic rings. The second-order valence-corrected chi connectivity index (χ2v) is 6.74. The maximum atomic E-state index is 12.2. The first-order valence-corrected chi connectivity index (χ1v) is 8.33. The normalized spacial score (nSPS) is 11.1. The zero-order chi connectivity index (χ0) is 17.7. The number of sulfonamides is 1. The smallest absolute Gasteiger partial charge is 0.264 e. The molecule has 0 spiro atoms. The number of nitrogens with zero attached hydrogens (tertiary/aromatic N) is 1. The highest BCUT2D eigenvalue weighted by Gasteiger charge is 2.20. The van der Waals surface area contributed by atoms with Crippen molar-refractivity contribution in [2.75, 3.05) is 19.5 Å². The van der Waals surface area contributed by atoms with Crippen LogP contribution in [0.1, 0.15) is 15.9 Å². The van der Waals surface area contributed by atoms with E-state index >= 15 is 0 Å². The molecular weight excluding hydrogens is 328 g/mol. The van der Waals surface area contributed by atoms with E-state index in [0.717, 1.165) is 4.47 Å². The molecule has 1 amide bonds. The van der Waals surface area contributed by atoms with Crippen LogP contribution in [-0.2, 0) is 14.9 Å². The third-order valence-corrected chi connectivity index (χ3v) is 4.99. The van der Waals surface area contributed by atoms with E-state index in [2.05, 4.69) is 11.2 Å². The summed E-state index contributed by atoms with van der Waals surface area (Å²) in [4.78, 5) is 16.9. The van der Waals surface area contributed by atoms with E-state index in [9.17, 15) is 13.2 Å². The second kappa shape index (κ2) is 7.27. The van der Waals surface area contributed by atoms with E-state index in [1.807, 2.05) is 0 Å². The molecule has 7 heteroatoms. The molecule has 0 aromatic heterocycles. The minimum absolute atomic E-state index is 0.0257. The summed E-state index contributed by atoms with van der Waals surface area (Å²) in [5, 5.41) is 2.71. The number of carbonyl (C=O) groups is 1. The van der Waals surface area contributed by atoms with Gasteiger partial charge in [0.25, 0.3) is 15.9 Å². The first kappa shape index (κ1) is 17.7. The van der Waals surface area contributed by atoms with Gasteiger partial charge in [-0.1, -0.05) is 16.5 Å². The molecule has 0 bridgehead atoms. The number of anilines is 1. The van der Waals surface area contributed by atoms with Gasteiger partial charge in [0.15, 0.2) is 0 Å². The Morgan fingerprint density at radius 1 is 1.21 bits per heavy atom. The molecule has 0 heterocycles. The van der Waals surface area contributed by atoms with Crippen molar-refractivity contribution in [3.05, 3.63) is 59.7 Å². The maximum Gasteiger partial charge on any atom is 0.264 e. The Labute approximate surface area is 141 Å². The van der Waals surface area contributed by atoms with E-state index < -0.39 is 10.0 Å². The van der Waals surface area contributed by atoms with Gasteiger partial charge in [-0.05, 0) is 42.5 Å². The second-order valence-electron chi connectivity index (χ2n) is 4.80. The first-order valence-electron chi connectivity index (χ1n) is 6.89. The van der Waals surface area contributed by atoms with Gasteiger partial charge in [0.05, 0.1) is 12.0 Å². The minimum atomic E-state index is -3.74. The zero-order valence-corrected chi connectivity index (χ0v) is 14.0. The Balaban J connectivity index is 2.19. The summed E-state index contributed by atoms with van der Waals surface area (Å²) in [6.07, 6.45) is 5.32. The van der Waals surface area contributed by atoms with Crippen molar-refractivity contribution in [2.45, 2.75) is 4.90 Å².